The maximum Gasteiger partial charge on any atom is 0.345 e. The Morgan fingerprint density at radius 2 is 2.22 bits per heavy atom. The molecule has 2 N–H and O–H groups in total. The van der Waals surface area contributed by atoms with Crippen molar-refractivity contribution in [3.05, 3.63) is 21.9 Å². The van der Waals surface area contributed by atoms with Crippen LogP contribution in [0.5, 0.6) is 0 Å². The number of hydrogen-bond donors (Lipinski definition) is 2. The van der Waals surface area contributed by atoms with Gasteiger partial charge in [0.15, 0.2) is 0 Å². The molecule has 0 aliphatic carbocycles. The van der Waals surface area contributed by atoms with Gasteiger partial charge in [0.1, 0.15) is 4.88 Å². The zero-order chi connectivity index (χ0) is 13.0. The lowest BCUT2D eigenvalue weighted by atomic mass is 10.3. The van der Waals surface area contributed by atoms with E-state index in [1.54, 1.807) is 6.07 Å². The van der Waals surface area contributed by atoms with Gasteiger partial charge in [0.25, 0.3) is 0 Å². The summed E-state index contributed by atoms with van der Waals surface area (Å²) in [6.07, 6.45) is 2.64. The topological polar surface area (TPSA) is 52.6 Å². The van der Waals surface area contributed by atoms with Gasteiger partial charge < -0.3 is 15.3 Å². The minimum absolute atomic E-state index is 0.416. The van der Waals surface area contributed by atoms with Gasteiger partial charge in [0.05, 0.1) is 0 Å². The third-order valence-corrected chi connectivity index (χ3v) is 4.30. The molecule has 0 saturated carbocycles. The predicted molar refractivity (Wildman–Crippen MR) is 73.3 cm³/mol. The second-order valence-electron chi connectivity index (χ2n) is 4.86. The third-order valence-electron chi connectivity index (χ3n) is 3.23. The lowest BCUT2D eigenvalue weighted by Gasteiger charge is -2.20. The molecule has 100 valence electrons. The number of hydrogen-bond acceptors (Lipinski definition) is 4. The average Bonchev–Trinajstić information content (AvgIpc) is 2.96. The summed E-state index contributed by atoms with van der Waals surface area (Å²) >= 11 is 1.35. The van der Waals surface area contributed by atoms with E-state index < -0.39 is 5.97 Å². The molecule has 1 aliphatic rings. The van der Waals surface area contributed by atoms with Crippen LogP contribution >= 0.6 is 11.3 Å². The van der Waals surface area contributed by atoms with Crippen molar-refractivity contribution in [1.82, 2.24) is 10.2 Å². The van der Waals surface area contributed by atoms with Crippen molar-refractivity contribution in [1.29, 1.82) is 0 Å². The van der Waals surface area contributed by atoms with E-state index in [9.17, 15) is 4.79 Å². The van der Waals surface area contributed by atoms with E-state index in [0.717, 1.165) is 18.0 Å². The molecule has 0 spiro atoms. The molecule has 1 aliphatic heterocycles. The Balaban J connectivity index is 1.74. The molecule has 1 atom stereocenters. The highest BCUT2D eigenvalue weighted by Gasteiger charge is 2.14. The maximum atomic E-state index is 10.8. The van der Waals surface area contributed by atoms with E-state index in [0.29, 0.717) is 10.9 Å². The first-order valence-electron chi connectivity index (χ1n) is 6.43. The van der Waals surface area contributed by atoms with Crippen LogP contribution < -0.4 is 5.32 Å². The van der Waals surface area contributed by atoms with Gasteiger partial charge in [-0.15, -0.1) is 11.3 Å². The van der Waals surface area contributed by atoms with Crippen molar-refractivity contribution in [2.24, 2.45) is 0 Å². The molecular weight excluding hydrogens is 248 g/mol. The highest BCUT2D eigenvalue weighted by atomic mass is 32.1. The quantitative estimate of drug-likeness (QED) is 0.829. The minimum Gasteiger partial charge on any atom is -0.477 e. The molecule has 18 heavy (non-hydrogen) atoms. The van der Waals surface area contributed by atoms with E-state index in [1.807, 2.05) is 6.07 Å². The van der Waals surface area contributed by atoms with Crippen molar-refractivity contribution < 1.29 is 9.90 Å². The van der Waals surface area contributed by atoms with Crippen LogP contribution in [-0.2, 0) is 6.54 Å². The molecule has 0 aromatic carbocycles. The first-order chi connectivity index (χ1) is 8.65. The van der Waals surface area contributed by atoms with Gasteiger partial charge in [-0.3, -0.25) is 0 Å². The van der Waals surface area contributed by atoms with Crippen LogP contribution in [0.1, 0.15) is 34.3 Å². The number of nitrogens with zero attached hydrogens (tertiary/aromatic N) is 1. The number of carboxylic acid groups (broad SMARTS) is 1. The Morgan fingerprint density at radius 3 is 2.83 bits per heavy atom. The molecule has 1 fully saturated rings. The molecule has 1 unspecified atom stereocenters. The fourth-order valence-electron chi connectivity index (χ4n) is 2.28. The summed E-state index contributed by atoms with van der Waals surface area (Å²) in [5.74, 6) is -0.837. The van der Waals surface area contributed by atoms with Crippen molar-refractivity contribution in [2.75, 3.05) is 19.6 Å². The van der Waals surface area contributed by atoms with Crippen molar-refractivity contribution in [3.8, 4) is 0 Å². The van der Waals surface area contributed by atoms with E-state index in [2.05, 4.69) is 17.1 Å². The third kappa shape index (κ3) is 3.80. The second kappa shape index (κ2) is 6.31. The SMILES string of the molecule is CC(CN1CCCC1)NCc1ccc(C(=O)O)s1. The fourth-order valence-corrected chi connectivity index (χ4v) is 3.08. The standard InChI is InChI=1S/C13H20N2O2S/c1-10(9-15-6-2-3-7-15)14-8-11-4-5-12(18-11)13(16)17/h4-5,10,14H,2-3,6-9H2,1H3,(H,16,17). The largest absolute Gasteiger partial charge is 0.477 e. The Kier molecular flexibility index (Phi) is 4.74. The molecule has 1 saturated heterocycles. The highest BCUT2D eigenvalue weighted by Crippen LogP contribution is 2.16. The second-order valence-corrected chi connectivity index (χ2v) is 6.03. The number of likely N-dealkylation sites (tertiary alicyclic amines) is 1. The lowest BCUT2D eigenvalue weighted by Crippen LogP contribution is -2.37. The first-order valence-corrected chi connectivity index (χ1v) is 7.24. The number of nitrogens with one attached hydrogen (secondary N) is 1. The van der Waals surface area contributed by atoms with Gasteiger partial charge in [0, 0.05) is 24.0 Å². The Hall–Kier alpha value is -0.910. The number of thiophene rings is 1. The van der Waals surface area contributed by atoms with Crippen LogP contribution in [0.4, 0.5) is 0 Å². The average molecular weight is 268 g/mol. The van der Waals surface area contributed by atoms with Gasteiger partial charge in [-0.2, -0.15) is 0 Å². The summed E-state index contributed by atoms with van der Waals surface area (Å²) in [5.41, 5.74) is 0. The van der Waals surface area contributed by atoms with Gasteiger partial charge in [0.2, 0.25) is 0 Å². The van der Waals surface area contributed by atoms with Crippen LogP contribution in [-0.4, -0.2) is 41.7 Å². The molecule has 1 aromatic heterocycles. The summed E-state index contributed by atoms with van der Waals surface area (Å²) in [5, 5.41) is 12.3. The molecule has 2 rings (SSSR count). The van der Waals surface area contributed by atoms with Gasteiger partial charge in [-0.05, 0) is 45.0 Å². The van der Waals surface area contributed by atoms with E-state index >= 15 is 0 Å². The molecule has 4 nitrogen and oxygen atoms in total. The highest BCUT2D eigenvalue weighted by molar-refractivity contribution is 7.13. The predicted octanol–water partition coefficient (Wildman–Crippen LogP) is 2.02. The Bertz CT molecular complexity index is 399. The number of carbonyl (C=O) groups is 1. The smallest absolute Gasteiger partial charge is 0.345 e. The lowest BCUT2D eigenvalue weighted by molar-refractivity contribution is 0.0702. The normalized spacial score (nSPS) is 18.1. The number of carboxylic acids is 1. The Labute approximate surface area is 112 Å². The summed E-state index contributed by atoms with van der Waals surface area (Å²) in [6, 6.07) is 4.01. The zero-order valence-electron chi connectivity index (χ0n) is 10.7. The van der Waals surface area contributed by atoms with Crippen LogP contribution in [0.3, 0.4) is 0 Å². The van der Waals surface area contributed by atoms with E-state index in [-0.39, 0.29) is 0 Å². The van der Waals surface area contributed by atoms with E-state index in [1.165, 1.54) is 37.3 Å². The molecule has 0 radical (unpaired) electrons. The summed E-state index contributed by atoms with van der Waals surface area (Å²) in [6.45, 7) is 6.45. The van der Waals surface area contributed by atoms with Crippen LogP contribution in [0.2, 0.25) is 0 Å². The molecule has 1 aromatic rings. The minimum atomic E-state index is -0.837. The maximum absolute atomic E-state index is 10.8. The molecule has 0 amide bonds. The van der Waals surface area contributed by atoms with Crippen molar-refractivity contribution in [3.63, 3.8) is 0 Å². The monoisotopic (exact) mass is 268 g/mol. The molecule has 0 bridgehead atoms. The molecule has 2 heterocycles. The first kappa shape index (κ1) is 13.5. The Morgan fingerprint density at radius 1 is 1.50 bits per heavy atom. The van der Waals surface area contributed by atoms with Crippen molar-refractivity contribution >= 4 is 17.3 Å². The fraction of sp³-hybridized carbons (Fsp3) is 0.615. The van der Waals surface area contributed by atoms with Crippen molar-refractivity contribution in [2.45, 2.75) is 32.4 Å². The van der Waals surface area contributed by atoms with Crippen LogP contribution in [0, 0.1) is 0 Å². The van der Waals surface area contributed by atoms with Gasteiger partial charge in [-0.1, -0.05) is 0 Å². The van der Waals surface area contributed by atoms with Crippen LogP contribution in [0.25, 0.3) is 0 Å². The van der Waals surface area contributed by atoms with Crippen LogP contribution in [0.15, 0.2) is 12.1 Å². The molecular formula is C13H20N2O2S. The summed E-state index contributed by atoms with van der Waals surface area (Å²) in [4.78, 5) is 14.7. The zero-order valence-corrected chi connectivity index (χ0v) is 11.5. The number of aromatic carboxylic acids is 1. The summed E-state index contributed by atoms with van der Waals surface area (Å²) < 4.78 is 0. The van der Waals surface area contributed by atoms with Gasteiger partial charge >= 0.3 is 5.97 Å². The molecule has 5 heteroatoms. The number of rotatable bonds is 6. The van der Waals surface area contributed by atoms with Gasteiger partial charge in [-0.25, -0.2) is 4.79 Å². The summed E-state index contributed by atoms with van der Waals surface area (Å²) in [7, 11) is 0. The van der Waals surface area contributed by atoms with E-state index in [4.69, 9.17) is 5.11 Å².